The van der Waals surface area contributed by atoms with Crippen molar-refractivity contribution in [2.45, 2.75) is 25.9 Å². The normalized spacial score (nSPS) is 21.5. The molecule has 0 aromatic carbocycles. The Morgan fingerprint density at radius 3 is 2.58 bits per heavy atom. The zero-order valence-corrected chi connectivity index (χ0v) is 7.76. The van der Waals surface area contributed by atoms with Gasteiger partial charge in [-0.15, -0.1) is 0 Å². The van der Waals surface area contributed by atoms with Gasteiger partial charge in [0.15, 0.2) is 0 Å². The van der Waals surface area contributed by atoms with E-state index < -0.39 is 0 Å². The summed E-state index contributed by atoms with van der Waals surface area (Å²) in [4.78, 5) is 2.40. The minimum atomic E-state index is -0.353. The molecule has 1 rings (SSSR count). The van der Waals surface area contributed by atoms with Gasteiger partial charge < -0.3 is 9.64 Å². The predicted molar refractivity (Wildman–Crippen MR) is 47.1 cm³/mol. The number of piperidine rings is 1. The van der Waals surface area contributed by atoms with Crippen molar-refractivity contribution in [2.75, 3.05) is 32.9 Å². The van der Waals surface area contributed by atoms with E-state index in [0.717, 1.165) is 32.5 Å². The molecule has 0 radical (unpaired) electrons. The van der Waals surface area contributed by atoms with Crippen molar-refractivity contribution in [1.82, 2.24) is 4.90 Å². The van der Waals surface area contributed by atoms with Gasteiger partial charge in [0, 0.05) is 13.1 Å². The Labute approximate surface area is 73.7 Å². The first kappa shape index (κ1) is 9.93. The van der Waals surface area contributed by atoms with E-state index in [4.69, 9.17) is 4.74 Å². The number of alkyl halides is 1. The molecule has 1 fully saturated rings. The molecule has 0 aromatic heterocycles. The number of halogens is 1. The summed E-state index contributed by atoms with van der Waals surface area (Å²) in [5.74, 6) is 0. The van der Waals surface area contributed by atoms with Crippen LogP contribution < -0.4 is 0 Å². The van der Waals surface area contributed by atoms with Crippen molar-refractivity contribution in [1.29, 1.82) is 0 Å². The van der Waals surface area contributed by atoms with Gasteiger partial charge in [0.05, 0.1) is 12.7 Å². The van der Waals surface area contributed by atoms with Gasteiger partial charge in [0.25, 0.3) is 0 Å². The number of likely N-dealkylation sites (tertiary alicyclic amines) is 1. The van der Waals surface area contributed by atoms with Crippen LogP contribution in [0.1, 0.15) is 19.8 Å². The summed E-state index contributed by atoms with van der Waals surface area (Å²) in [6.07, 6.45) is 2.44. The zero-order chi connectivity index (χ0) is 8.81. The fraction of sp³-hybridized carbons (Fsp3) is 1.00. The van der Waals surface area contributed by atoms with Crippen LogP contribution in [-0.4, -0.2) is 43.9 Å². The highest BCUT2D eigenvalue weighted by Gasteiger charge is 2.17. The van der Waals surface area contributed by atoms with E-state index in [2.05, 4.69) is 11.8 Å². The van der Waals surface area contributed by atoms with Gasteiger partial charge in [-0.05, 0) is 19.4 Å². The second kappa shape index (κ2) is 5.49. The van der Waals surface area contributed by atoms with Crippen LogP contribution in [0.15, 0.2) is 0 Å². The average Bonchev–Trinajstić information content (AvgIpc) is 2.15. The lowest BCUT2D eigenvalue weighted by molar-refractivity contribution is 0.00312. The fourth-order valence-electron chi connectivity index (χ4n) is 1.60. The number of hydrogen-bond acceptors (Lipinski definition) is 2. The first-order valence-corrected chi connectivity index (χ1v) is 4.76. The summed E-state index contributed by atoms with van der Waals surface area (Å²) in [7, 11) is 0. The molecule has 1 aliphatic rings. The van der Waals surface area contributed by atoms with Crippen LogP contribution in [0.4, 0.5) is 4.39 Å². The summed E-state index contributed by atoms with van der Waals surface area (Å²) < 4.78 is 17.1. The summed E-state index contributed by atoms with van der Waals surface area (Å²) in [6.45, 7) is 5.42. The Morgan fingerprint density at radius 2 is 2.08 bits per heavy atom. The van der Waals surface area contributed by atoms with Gasteiger partial charge in [0.1, 0.15) is 6.67 Å². The average molecular weight is 175 g/mol. The standard InChI is InChI=1S/C9H18FNO/c1-2-11-6-3-9(4-7-11)12-8-5-10/h9H,2-8H2,1H3. The maximum absolute atomic E-state index is 11.8. The minimum absolute atomic E-state index is 0.275. The third kappa shape index (κ3) is 3.07. The molecule has 3 heteroatoms. The lowest BCUT2D eigenvalue weighted by atomic mass is 10.1. The van der Waals surface area contributed by atoms with E-state index in [1.807, 2.05) is 0 Å². The van der Waals surface area contributed by atoms with Crippen LogP contribution in [0.5, 0.6) is 0 Å². The molecule has 0 aliphatic carbocycles. The van der Waals surface area contributed by atoms with Gasteiger partial charge >= 0.3 is 0 Å². The van der Waals surface area contributed by atoms with Gasteiger partial charge in [-0.3, -0.25) is 0 Å². The van der Waals surface area contributed by atoms with Crippen LogP contribution in [0, 0.1) is 0 Å². The molecule has 0 unspecified atom stereocenters. The van der Waals surface area contributed by atoms with Crippen molar-refractivity contribution in [3.8, 4) is 0 Å². The van der Waals surface area contributed by atoms with Crippen LogP contribution in [0.25, 0.3) is 0 Å². The molecule has 1 heterocycles. The third-order valence-electron chi connectivity index (χ3n) is 2.41. The Balaban J connectivity index is 2.09. The van der Waals surface area contributed by atoms with Crippen LogP contribution in [0.3, 0.4) is 0 Å². The maximum Gasteiger partial charge on any atom is 0.113 e. The van der Waals surface area contributed by atoms with Crippen LogP contribution >= 0.6 is 0 Å². The monoisotopic (exact) mass is 175 g/mol. The molecule has 0 amide bonds. The molecular weight excluding hydrogens is 157 g/mol. The summed E-state index contributed by atoms with van der Waals surface area (Å²) in [6, 6.07) is 0. The van der Waals surface area contributed by atoms with Crippen molar-refractivity contribution in [3.63, 3.8) is 0 Å². The molecule has 2 nitrogen and oxygen atoms in total. The number of hydrogen-bond donors (Lipinski definition) is 0. The molecular formula is C9H18FNO. The fourth-order valence-corrected chi connectivity index (χ4v) is 1.60. The Bertz CT molecular complexity index is 113. The molecule has 72 valence electrons. The Morgan fingerprint density at radius 1 is 1.42 bits per heavy atom. The van der Waals surface area contributed by atoms with Gasteiger partial charge in [0.2, 0.25) is 0 Å². The number of nitrogens with zero attached hydrogens (tertiary/aromatic N) is 1. The Kier molecular flexibility index (Phi) is 4.54. The number of ether oxygens (including phenoxy) is 1. The zero-order valence-electron chi connectivity index (χ0n) is 7.76. The molecule has 0 spiro atoms. The van der Waals surface area contributed by atoms with E-state index in [-0.39, 0.29) is 13.3 Å². The molecule has 0 bridgehead atoms. The second-order valence-electron chi connectivity index (χ2n) is 3.19. The van der Waals surface area contributed by atoms with E-state index >= 15 is 0 Å². The second-order valence-corrected chi connectivity index (χ2v) is 3.19. The van der Waals surface area contributed by atoms with Gasteiger partial charge in [-0.1, -0.05) is 6.92 Å². The molecule has 1 aliphatic heterocycles. The van der Waals surface area contributed by atoms with E-state index in [1.54, 1.807) is 0 Å². The highest BCUT2D eigenvalue weighted by atomic mass is 19.1. The third-order valence-corrected chi connectivity index (χ3v) is 2.41. The lowest BCUT2D eigenvalue weighted by Crippen LogP contribution is -2.36. The highest BCUT2D eigenvalue weighted by molar-refractivity contribution is 4.71. The van der Waals surface area contributed by atoms with Crippen LogP contribution in [-0.2, 0) is 4.74 Å². The van der Waals surface area contributed by atoms with Crippen molar-refractivity contribution in [2.24, 2.45) is 0 Å². The lowest BCUT2D eigenvalue weighted by Gasteiger charge is -2.30. The van der Waals surface area contributed by atoms with Crippen molar-refractivity contribution < 1.29 is 9.13 Å². The van der Waals surface area contributed by atoms with E-state index in [1.165, 1.54) is 0 Å². The topological polar surface area (TPSA) is 12.5 Å². The molecule has 0 N–H and O–H groups in total. The summed E-state index contributed by atoms with van der Waals surface area (Å²) in [5, 5.41) is 0. The smallest absolute Gasteiger partial charge is 0.113 e. The number of rotatable bonds is 4. The SMILES string of the molecule is CCN1CCC(OCCF)CC1. The predicted octanol–water partition coefficient (Wildman–Crippen LogP) is 1.46. The molecule has 0 aromatic rings. The first-order valence-electron chi connectivity index (χ1n) is 4.76. The molecule has 1 saturated heterocycles. The summed E-state index contributed by atoms with van der Waals surface area (Å²) >= 11 is 0. The maximum atomic E-state index is 11.8. The van der Waals surface area contributed by atoms with Gasteiger partial charge in [-0.25, -0.2) is 4.39 Å². The Hall–Kier alpha value is -0.150. The van der Waals surface area contributed by atoms with Gasteiger partial charge in [-0.2, -0.15) is 0 Å². The summed E-state index contributed by atoms with van der Waals surface area (Å²) in [5.41, 5.74) is 0. The van der Waals surface area contributed by atoms with Crippen LogP contribution in [0.2, 0.25) is 0 Å². The minimum Gasteiger partial charge on any atom is -0.375 e. The largest absolute Gasteiger partial charge is 0.375 e. The van der Waals surface area contributed by atoms with Crippen molar-refractivity contribution >= 4 is 0 Å². The molecule has 0 saturated carbocycles. The van der Waals surface area contributed by atoms with E-state index in [0.29, 0.717) is 6.10 Å². The van der Waals surface area contributed by atoms with Crippen molar-refractivity contribution in [3.05, 3.63) is 0 Å². The highest BCUT2D eigenvalue weighted by Crippen LogP contribution is 2.12. The first-order chi connectivity index (χ1) is 5.86. The molecule has 0 atom stereocenters. The molecule has 12 heavy (non-hydrogen) atoms. The van der Waals surface area contributed by atoms with E-state index in [9.17, 15) is 4.39 Å². The quantitative estimate of drug-likeness (QED) is 0.641.